The highest BCUT2D eigenvalue weighted by atomic mass is 16.4. The molecule has 1 aromatic carbocycles. The third kappa shape index (κ3) is 1.45. The summed E-state index contributed by atoms with van der Waals surface area (Å²) in [7, 11) is 0. The van der Waals surface area contributed by atoms with Crippen LogP contribution in [0.4, 0.5) is 0 Å². The molecule has 0 spiro atoms. The number of fused-ring (bicyclic) bond motifs is 1. The second-order valence-corrected chi connectivity index (χ2v) is 5.17. The summed E-state index contributed by atoms with van der Waals surface area (Å²) in [4.78, 5) is 11.7. The molecule has 0 atom stereocenters. The van der Waals surface area contributed by atoms with Crippen LogP contribution in [0.2, 0.25) is 0 Å². The Balaban J connectivity index is 2.17. The van der Waals surface area contributed by atoms with Crippen molar-refractivity contribution >= 4 is 16.9 Å². The Morgan fingerprint density at radius 2 is 2.11 bits per heavy atom. The third-order valence-electron chi connectivity index (χ3n) is 4.16. The zero-order valence-electron chi connectivity index (χ0n) is 10.4. The maximum absolute atomic E-state index is 11.7. The molecule has 0 saturated heterocycles. The number of aliphatic carboxylic acids is 1. The fourth-order valence-corrected chi connectivity index (χ4v) is 3.04. The fourth-order valence-electron chi connectivity index (χ4n) is 3.04. The maximum atomic E-state index is 11.7. The lowest BCUT2D eigenvalue weighted by Gasteiger charge is -2.24. The van der Waals surface area contributed by atoms with E-state index in [2.05, 4.69) is 10.2 Å². The molecule has 3 rings (SSSR count). The third-order valence-corrected chi connectivity index (χ3v) is 4.16. The highest BCUT2D eigenvalue weighted by Gasteiger charge is 2.42. The second kappa shape index (κ2) is 3.83. The van der Waals surface area contributed by atoms with E-state index in [-0.39, 0.29) is 0 Å². The van der Waals surface area contributed by atoms with E-state index >= 15 is 0 Å². The van der Waals surface area contributed by atoms with E-state index in [0.29, 0.717) is 0 Å². The number of carboxylic acid groups (broad SMARTS) is 1. The number of benzene rings is 1. The standard InChI is InChI=1S/C14H16N2O2/c1-9-11-8-10(4-5-12(11)16-15-9)14(13(17)18)6-2-3-7-14/h4-5,8H,2-3,6-7H2,1H3,(H,15,16)(H,17,18). The summed E-state index contributed by atoms with van der Waals surface area (Å²) < 4.78 is 0. The number of nitrogens with one attached hydrogen (secondary N) is 1. The molecule has 1 aromatic heterocycles. The van der Waals surface area contributed by atoms with Gasteiger partial charge in [-0.05, 0) is 37.5 Å². The second-order valence-electron chi connectivity index (χ2n) is 5.17. The monoisotopic (exact) mass is 244 g/mol. The van der Waals surface area contributed by atoms with Gasteiger partial charge in [-0.1, -0.05) is 18.9 Å². The van der Waals surface area contributed by atoms with E-state index in [1.165, 1.54) is 0 Å². The van der Waals surface area contributed by atoms with Crippen molar-refractivity contribution in [2.24, 2.45) is 0 Å². The molecule has 1 saturated carbocycles. The van der Waals surface area contributed by atoms with Gasteiger partial charge in [-0.2, -0.15) is 5.10 Å². The van der Waals surface area contributed by atoms with Gasteiger partial charge < -0.3 is 5.11 Å². The molecular weight excluding hydrogens is 228 g/mol. The molecule has 0 aliphatic heterocycles. The molecule has 1 heterocycles. The predicted molar refractivity (Wildman–Crippen MR) is 68.6 cm³/mol. The normalized spacial score (nSPS) is 18.3. The van der Waals surface area contributed by atoms with Gasteiger partial charge in [0, 0.05) is 11.1 Å². The molecule has 0 unspecified atom stereocenters. The first kappa shape index (κ1) is 11.3. The lowest BCUT2D eigenvalue weighted by molar-refractivity contribution is -0.143. The molecule has 2 N–H and O–H groups in total. The number of nitrogens with zero attached hydrogens (tertiary/aromatic N) is 1. The molecule has 4 heteroatoms. The number of hydrogen-bond acceptors (Lipinski definition) is 2. The van der Waals surface area contributed by atoms with Crippen LogP contribution in [0.5, 0.6) is 0 Å². The van der Waals surface area contributed by atoms with E-state index in [4.69, 9.17) is 0 Å². The highest BCUT2D eigenvalue weighted by Crippen LogP contribution is 2.42. The summed E-state index contributed by atoms with van der Waals surface area (Å²) in [6.45, 7) is 1.96. The number of hydrogen-bond donors (Lipinski definition) is 2. The average molecular weight is 244 g/mol. The summed E-state index contributed by atoms with van der Waals surface area (Å²) >= 11 is 0. The smallest absolute Gasteiger partial charge is 0.314 e. The minimum atomic E-state index is -0.694. The van der Waals surface area contributed by atoms with Crippen molar-refractivity contribution in [2.45, 2.75) is 38.0 Å². The summed E-state index contributed by atoms with van der Waals surface area (Å²) in [6, 6.07) is 5.83. The molecule has 0 radical (unpaired) electrons. The Bertz CT molecular complexity index is 609. The number of aryl methyl sites for hydroxylation is 1. The van der Waals surface area contributed by atoms with Gasteiger partial charge in [0.15, 0.2) is 0 Å². The van der Waals surface area contributed by atoms with Crippen LogP contribution in [0.25, 0.3) is 10.9 Å². The summed E-state index contributed by atoms with van der Waals surface area (Å²) in [6.07, 6.45) is 3.47. The average Bonchev–Trinajstić information content (AvgIpc) is 2.97. The first-order chi connectivity index (χ1) is 8.63. The Labute approximate surface area is 105 Å². The van der Waals surface area contributed by atoms with Gasteiger partial charge in [0.2, 0.25) is 0 Å². The molecule has 94 valence electrons. The van der Waals surface area contributed by atoms with E-state index in [1.54, 1.807) is 0 Å². The Kier molecular flexibility index (Phi) is 2.40. The van der Waals surface area contributed by atoms with Crippen LogP contribution < -0.4 is 0 Å². The molecule has 0 bridgehead atoms. The molecule has 18 heavy (non-hydrogen) atoms. The highest BCUT2D eigenvalue weighted by molar-refractivity contribution is 5.87. The van der Waals surface area contributed by atoms with Crippen molar-refractivity contribution in [3.8, 4) is 0 Å². The zero-order valence-corrected chi connectivity index (χ0v) is 10.4. The Hall–Kier alpha value is -1.84. The van der Waals surface area contributed by atoms with Crippen LogP contribution in [-0.2, 0) is 10.2 Å². The minimum absolute atomic E-state index is 0.683. The molecule has 1 fully saturated rings. The van der Waals surface area contributed by atoms with Gasteiger partial charge in [-0.25, -0.2) is 0 Å². The van der Waals surface area contributed by atoms with Gasteiger partial charge in [0.05, 0.1) is 10.9 Å². The van der Waals surface area contributed by atoms with Crippen molar-refractivity contribution < 1.29 is 9.90 Å². The van der Waals surface area contributed by atoms with Crippen LogP contribution in [-0.4, -0.2) is 21.3 Å². The van der Waals surface area contributed by atoms with E-state index in [0.717, 1.165) is 47.8 Å². The molecular formula is C14H16N2O2. The Morgan fingerprint density at radius 1 is 1.39 bits per heavy atom. The molecule has 0 amide bonds. The van der Waals surface area contributed by atoms with Crippen molar-refractivity contribution in [2.75, 3.05) is 0 Å². The zero-order chi connectivity index (χ0) is 12.8. The Morgan fingerprint density at radius 3 is 2.78 bits per heavy atom. The number of aromatic amines is 1. The van der Waals surface area contributed by atoms with Gasteiger partial charge in [0.25, 0.3) is 0 Å². The number of carbonyl (C=O) groups is 1. The van der Waals surface area contributed by atoms with Crippen molar-refractivity contribution in [3.63, 3.8) is 0 Å². The molecule has 2 aromatic rings. The number of carboxylic acids is 1. The van der Waals surface area contributed by atoms with Gasteiger partial charge in [0.1, 0.15) is 0 Å². The van der Waals surface area contributed by atoms with E-state index in [1.807, 2.05) is 25.1 Å². The summed E-state index contributed by atoms with van der Waals surface area (Å²) in [5, 5.41) is 17.7. The molecule has 1 aliphatic carbocycles. The first-order valence-corrected chi connectivity index (χ1v) is 6.32. The van der Waals surface area contributed by atoms with Crippen molar-refractivity contribution in [1.29, 1.82) is 0 Å². The number of aromatic nitrogens is 2. The lowest BCUT2D eigenvalue weighted by Crippen LogP contribution is -2.32. The molecule has 4 nitrogen and oxygen atoms in total. The minimum Gasteiger partial charge on any atom is -0.481 e. The van der Waals surface area contributed by atoms with E-state index in [9.17, 15) is 9.90 Å². The quantitative estimate of drug-likeness (QED) is 0.853. The SMILES string of the molecule is Cc1[nH]nc2ccc(C3(C(=O)O)CCCC3)cc12. The summed E-state index contributed by atoms with van der Waals surface area (Å²) in [5.74, 6) is -0.694. The van der Waals surface area contributed by atoms with Crippen LogP contribution in [0.15, 0.2) is 18.2 Å². The lowest BCUT2D eigenvalue weighted by atomic mass is 9.78. The predicted octanol–water partition coefficient (Wildman–Crippen LogP) is 2.77. The topological polar surface area (TPSA) is 66.0 Å². The number of H-pyrrole nitrogens is 1. The largest absolute Gasteiger partial charge is 0.481 e. The van der Waals surface area contributed by atoms with Crippen LogP contribution in [0, 0.1) is 6.92 Å². The van der Waals surface area contributed by atoms with Gasteiger partial charge in [-0.15, -0.1) is 0 Å². The van der Waals surface area contributed by atoms with Crippen molar-refractivity contribution in [3.05, 3.63) is 29.5 Å². The van der Waals surface area contributed by atoms with Crippen molar-refractivity contribution in [1.82, 2.24) is 10.2 Å². The van der Waals surface area contributed by atoms with E-state index < -0.39 is 11.4 Å². The van der Waals surface area contributed by atoms with Crippen LogP contribution in [0.3, 0.4) is 0 Å². The molecule has 1 aliphatic rings. The number of rotatable bonds is 2. The first-order valence-electron chi connectivity index (χ1n) is 6.32. The van der Waals surface area contributed by atoms with Gasteiger partial charge >= 0.3 is 5.97 Å². The maximum Gasteiger partial charge on any atom is 0.314 e. The van der Waals surface area contributed by atoms with Gasteiger partial charge in [-0.3, -0.25) is 9.89 Å². The van der Waals surface area contributed by atoms with Crippen LogP contribution in [0.1, 0.15) is 36.9 Å². The summed E-state index contributed by atoms with van der Waals surface area (Å²) in [5.41, 5.74) is 2.13. The fraction of sp³-hybridized carbons (Fsp3) is 0.429. The van der Waals surface area contributed by atoms with Crippen LogP contribution >= 0.6 is 0 Å².